The summed E-state index contributed by atoms with van der Waals surface area (Å²) < 4.78 is 33.0. The highest BCUT2D eigenvalue weighted by molar-refractivity contribution is 7.47. The van der Waals surface area contributed by atoms with Crippen molar-refractivity contribution < 1.29 is 37.6 Å². The molecule has 3 atom stereocenters. The van der Waals surface area contributed by atoms with E-state index in [0.717, 1.165) is 51.4 Å². The minimum atomic E-state index is -4.49. The molecule has 3 unspecified atom stereocenters. The highest BCUT2D eigenvalue weighted by atomic mass is 31.2. The smallest absolute Gasteiger partial charge is 0.456 e. The van der Waals surface area contributed by atoms with Gasteiger partial charge in [-0.15, -0.1) is 0 Å². The van der Waals surface area contributed by atoms with Gasteiger partial charge in [-0.05, 0) is 52.4 Å². The van der Waals surface area contributed by atoms with Crippen LogP contribution in [0.3, 0.4) is 0 Å². The van der Waals surface area contributed by atoms with Gasteiger partial charge in [0.05, 0.1) is 6.61 Å². The van der Waals surface area contributed by atoms with E-state index < -0.39 is 32.2 Å². The molecule has 0 rings (SSSR count). The van der Waals surface area contributed by atoms with Crippen LogP contribution in [0.15, 0.2) is 12.2 Å². The number of rotatable bonds is 36. The summed E-state index contributed by atoms with van der Waals surface area (Å²) >= 11 is 0. The van der Waals surface area contributed by atoms with Crippen molar-refractivity contribution in [2.24, 2.45) is 0 Å². The molecule has 0 aromatic heterocycles. The molecule has 0 saturated heterocycles. The summed E-state index contributed by atoms with van der Waals surface area (Å²) in [5.41, 5.74) is 0. The Morgan fingerprint density at radius 2 is 0.917 bits per heavy atom. The maximum absolute atomic E-state index is 12.6. The Labute approximate surface area is 295 Å². The third-order valence-electron chi connectivity index (χ3n) is 8.60. The lowest BCUT2D eigenvalue weighted by molar-refractivity contribution is -0.193. The molecule has 8 nitrogen and oxygen atoms in total. The Hall–Kier alpha value is -1.21. The molecule has 9 heteroatoms. The molecule has 0 aliphatic rings. The summed E-state index contributed by atoms with van der Waals surface area (Å²) in [5.74, 6) is -1.01. The summed E-state index contributed by atoms with van der Waals surface area (Å²) in [7, 11) is -4.49. The van der Waals surface area contributed by atoms with Crippen LogP contribution >= 0.6 is 7.82 Å². The number of hydrogen-bond acceptors (Lipinski definition) is 7. The predicted octanol–water partition coefficient (Wildman–Crippen LogP) is 12.5. The van der Waals surface area contributed by atoms with Crippen LogP contribution in [0.1, 0.15) is 207 Å². The number of phosphoric ester groups is 1. The van der Waals surface area contributed by atoms with Gasteiger partial charge in [0.15, 0.2) is 6.10 Å². The average molecular weight is 703 g/mol. The number of hydrogen-bond donors (Lipinski definition) is 1. The van der Waals surface area contributed by atoms with Gasteiger partial charge >= 0.3 is 19.8 Å². The minimum absolute atomic E-state index is 0.0585. The minimum Gasteiger partial charge on any atom is -0.456 e. The highest BCUT2D eigenvalue weighted by Gasteiger charge is 2.34. The molecule has 0 fully saturated rings. The Bertz CT molecular complexity index is 818. The van der Waals surface area contributed by atoms with Gasteiger partial charge < -0.3 is 14.4 Å². The van der Waals surface area contributed by atoms with Crippen LogP contribution < -0.4 is 0 Å². The molecular formula is C39H75O8P. The molecule has 284 valence electrons. The molecule has 0 spiro atoms. The van der Waals surface area contributed by atoms with Crippen molar-refractivity contribution in [2.75, 3.05) is 6.61 Å². The molecule has 1 N–H and O–H groups in total. The number of esters is 2. The zero-order valence-electron chi connectivity index (χ0n) is 31.6. The number of ether oxygens (including phenoxy) is 2. The topological polar surface area (TPSA) is 108 Å². The molecule has 0 aromatic rings. The average Bonchev–Trinajstić information content (AvgIpc) is 3.04. The standard InChI is InChI=1S/C39H75O8P/c1-5-8-10-12-14-16-18-20-21-23-25-26-28-30-32-34-37(40)45-36(4)39(47-48(42,43)44-7-3)46-38(41)35-33-31-29-27-24-22-19-17-15-13-11-9-6-2/h20-21,36,39H,5-19,22-35H2,1-4H3,(H,42,43). The van der Waals surface area contributed by atoms with Crippen LogP contribution in [0.2, 0.25) is 0 Å². The second kappa shape index (κ2) is 34.2. The lowest BCUT2D eigenvalue weighted by Crippen LogP contribution is -2.35. The fourth-order valence-electron chi connectivity index (χ4n) is 5.67. The van der Waals surface area contributed by atoms with Gasteiger partial charge in [-0.1, -0.05) is 154 Å². The van der Waals surface area contributed by atoms with E-state index in [-0.39, 0.29) is 19.4 Å². The summed E-state index contributed by atoms with van der Waals surface area (Å²) in [6.45, 7) is 7.48. The second-order valence-corrected chi connectivity index (χ2v) is 14.8. The van der Waals surface area contributed by atoms with E-state index in [9.17, 15) is 19.0 Å². The Morgan fingerprint density at radius 3 is 1.31 bits per heavy atom. The molecule has 0 aromatic carbocycles. The fraction of sp³-hybridized carbons (Fsp3) is 0.897. The molecule has 0 aliphatic carbocycles. The fourth-order valence-corrected chi connectivity index (χ4v) is 6.53. The number of phosphoric acid groups is 1. The number of carbonyl (C=O) groups excluding carboxylic acids is 2. The van der Waals surface area contributed by atoms with Gasteiger partial charge in [0.1, 0.15) is 0 Å². The van der Waals surface area contributed by atoms with Crippen molar-refractivity contribution in [3.63, 3.8) is 0 Å². The van der Waals surface area contributed by atoms with Gasteiger partial charge in [0.2, 0.25) is 6.29 Å². The molecule has 0 aliphatic heterocycles. The third-order valence-corrected chi connectivity index (χ3v) is 9.66. The van der Waals surface area contributed by atoms with Crippen molar-refractivity contribution in [1.29, 1.82) is 0 Å². The number of unbranched alkanes of at least 4 members (excludes halogenated alkanes) is 23. The Kier molecular flexibility index (Phi) is 33.4. The number of carbonyl (C=O) groups is 2. The van der Waals surface area contributed by atoms with Gasteiger partial charge in [0, 0.05) is 12.8 Å². The molecule has 0 bridgehead atoms. The van der Waals surface area contributed by atoms with Crippen LogP contribution in [0.5, 0.6) is 0 Å². The van der Waals surface area contributed by atoms with E-state index >= 15 is 0 Å². The molecular weight excluding hydrogens is 627 g/mol. The predicted molar refractivity (Wildman–Crippen MR) is 198 cm³/mol. The first kappa shape index (κ1) is 46.8. The maximum Gasteiger partial charge on any atom is 0.475 e. The third kappa shape index (κ3) is 32.0. The summed E-state index contributed by atoms with van der Waals surface area (Å²) in [6.07, 6.45) is 33.2. The maximum atomic E-state index is 12.6. The van der Waals surface area contributed by atoms with Crippen molar-refractivity contribution in [1.82, 2.24) is 0 Å². The summed E-state index contributed by atoms with van der Waals surface area (Å²) in [6, 6.07) is 0. The van der Waals surface area contributed by atoms with E-state index in [4.69, 9.17) is 18.5 Å². The first-order valence-electron chi connectivity index (χ1n) is 19.9. The van der Waals surface area contributed by atoms with E-state index in [0.29, 0.717) is 12.8 Å². The zero-order valence-corrected chi connectivity index (χ0v) is 32.5. The highest BCUT2D eigenvalue weighted by Crippen LogP contribution is 2.45. The Morgan fingerprint density at radius 1 is 0.562 bits per heavy atom. The van der Waals surface area contributed by atoms with Gasteiger partial charge in [0.25, 0.3) is 0 Å². The first-order chi connectivity index (χ1) is 23.3. The van der Waals surface area contributed by atoms with Crippen LogP contribution in [-0.2, 0) is 32.7 Å². The van der Waals surface area contributed by atoms with Crippen molar-refractivity contribution >= 4 is 19.8 Å². The summed E-state index contributed by atoms with van der Waals surface area (Å²) in [4.78, 5) is 35.1. The Balaban J connectivity index is 4.21. The van der Waals surface area contributed by atoms with Crippen molar-refractivity contribution in [2.45, 2.75) is 220 Å². The van der Waals surface area contributed by atoms with E-state index in [1.54, 1.807) is 6.92 Å². The van der Waals surface area contributed by atoms with Crippen LogP contribution in [-0.4, -0.2) is 35.8 Å². The van der Waals surface area contributed by atoms with Crippen LogP contribution in [0.4, 0.5) is 0 Å². The van der Waals surface area contributed by atoms with Crippen molar-refractivity contribution in [3.8, 4) is 0 Å². The molecule has 0 amide bonds. The zero-order chi connectivity index (χ0) is 35.6. The van der Waals surface area contributed by atoms with E-state index in [2.05, 4.69) is 26.0 Å². The lowest BCUT2D eigenvalue weighted by atomic mass is 10.0. The normalized spacial score (nSPS) is 14.2. The molecule has 0 saturated carbocycles. The van der Waals surface area contributed by atoms with Gasteiger partial charge in [-0.3, -0.25) is 14.1 Å². The SMILES string of the molecule is CCCCCCCCC=CCCCCCCCC(=O)OC(C)C(OC(=O)CCCCCCCCCCCCCCC)OP(=O)(O)OCC. The van der Waals surface area contributed by atoms with E-state index in [1.165, 1.54) is 110 Å². The summed E-state index contributed by atoms with van der Waals surface area (Å²) in [5, 5.41) is 0. The number of allylic oxidation sites excluding steroid dienone is 2. The monoisotopic (exact) mass is 703 g/mol. The van der Waals surface area contributed by atoms with Gasteiger partial charge in [-0.25, -0.2) is 9.09 Å². The molecule has 48 heavy (non-hydrogen) atoms. The van der Waals surface area contributed by atoms with E-state index in [1.807, 2.05) is 0 Å². The largest absolute Gasteiger partial charge is 0.475 e. The van der Waals surface area contributed by atoms with Gasteiger partial charge in [-0.2, -0.15) is 0 Å². The first-order valence-corrected chi connectivity index (χ1v) is 21.4. The lowest BCUT2D eigenvalue weighted by Gasteiger charge is -2.25. The molecule has 0 radical (unpaired) electrons. The van der Waals surface area contributed by atoms with Crippen LogP contribution in [0.25, 0.3) is 0 Å². The molecule has 0 heterocycles. The quantitative estimate of drug-likeness (QED) is 0.0226. The van der Waals surface area contributed by atoms with Crippen molar-refractivity contribution in [3.05, 3.63) is 12.2 Å². The second-order valence-electron chi connectivity index (χ2n) is 13.4. The van der Waals surface area contributed by atoms with Crippen LogP contribution in [0, 0.1) is 0 Å².